The van der Waals surface area contributed by atoms with E-state index >= 15 is 0 Å². The zero-order valence-corrected chi connectivity index (χ0v) is 16.5. The van der Waals surface area contributed by atoms with Gasteiger partial charge in [0.1, 0.15) is 0 Å². The molecule has 0 saturated heterocycles. The Balaban J connectivity index is 1.64. The Morgan fingerprint density at radius 1 is 0.857 bits per heavy atom. The van der Waals surface area contributed by atoms with Gasteiger partial charge in [0, 0.05) is 44.8 Å². The van der Waals surface area contributed by atoms with Gasteiger partial charge in [-0.2, -0.15) is 0 Å². The topological polar surface area (TPSA) is 22.0 Å². The summed E-state index contributed by atoms with van der Waals surface area (Å²) >= 11 is 11.9. The molecule has 0 amide bonds. The maximum atomic E-state index is 12.4. The zero-order chi connectivity index (χ0) is 19.5. The van der Waals surface area contributed by atoms with Gasteiger partial charge in [0.05, 0.1) is 0 Å². The number of aromatic nitrogens is 1. The van der Waals surface area contributed by atoms with Gasteiger partial charge in [0.2, 0.25) is 0 Å². The van der Waals surface area contributed by atoms with E-state index in [9.17, 15) is 4.79 Å². The van der Waals surface area contributed by atoms with Crippen LogP contribution in [0.1, 0.15) is 21.5 Å². The molecule has 0 aliphatic rings. The van der Waals surface area contributed by atoms with Gasteiger partial charge in [0.25, 0.3) is 0 Å². The molecule has 0 atom stereocenters. The first-order valence-electron chi connectivity index (χ1n) is 8.90. The van der Waals surface area contributed by atoms with Crippen LogP contribution in [0.4, 0.5) is 0 Å². The molecule has 0 aliphatic carbocycles. The second-order valence-electron chi connectivity index (χ2n) is 6.56. The van der Waals surface area contributed by atoms with Crippen LogP contribution in [0.3, 0.4) is 0 Å². The highest BCUT2D eigenvalue weighted by molar-refractivity contribution is 6.31. The van der Waals surface area contributed by atoms with Crippen LogP contribution < -0.4 is 0 Å². The molecule has 0 saturated carbocycles. The Labute approximate surface area is 173 Å². The number of para-hydroxylation sites is 1. The highest BCUT2D eigenvalue weighted by Gasteiger charge is 2.08. The summed E-state index contributed by atoms with van der Waals surface area (Å²) in [5, 5.41) is 2.45. The molecule has 0 fully saturated rings. The minimum absolute atomic E-state index is 0.0498. The third-order valence-electron chi connectivity index (χ3n) is 4.63. The molecule has 0 unspecified atom stereocenters. The fourth-order valence-electron chi connectivity index (χ4n) is 3.20. The minimum Gasteiger partial charge on any atom is -0.342 e. The van der Waals surface area contributed by atoms with Crippen molar-refractivity contribution in [3.63, 3.8) is 0 Å². The lowest BCUT2D eigenvalue weighted by Crippen LogP contribution is -1.97. The van der Waals surface area contributed by atoms with Crippen LogP contribution >= 0.6 is 23.2 Å². The number of rotatable bonds is 5. The number of hydrogen-bond acceptors (Lipinski definition) is 1. The van der Waals surface area contributed by atoms with E-state index in [1.165, 1.54) is 0 Å². The van der Waals surface area contributed by atoms with Crippen molar-refractivity contribution in [2.24, 2.45) is 0 Å². The van der Waals surface area contributed by atoms with Crippen molar-refractivity contribution in [3.8, 4) is 0 Å². The van der Waals surface area contributed by atoms with Crippen LogP contribution in [-0.4, -0.2) is 10.4 Å². The number of hydrogen-bond donors (Lipinski definition) is 0. The number of nitrogens with zero attached hydrogens (tertiary/aromatic N) is 1. The van der Waals surface area contributed by atoms with Crippen LogP contribution in [0.2, 0.25) is 10.0 Å². The third-order valence-corrected chi connectivity index (χ3v) is 5.13. The lowest BCUT2D eigenvalue weighted by molar-refractivity contribution is 0.104. The van der Waals surface area contributed by atoms with Gasteiger partial charge in [0.15, 0.2) is 5.78 Å². The van der Waals surface area contributed by atoms with E-state index in [4.69, 9.17) is 23.2 Å². The van der Waals surface area contributed by atoms with Gasteiger partial charge in [-0.25, -0.2) is 0 Å². The van der Waals surface area contributed by atoms with Gasteiger partial charge < -0.3 is 4.57 Å². The average Bonchev–Trinajstić information content (AvgIpc) is 3.06. The molecule has 0 aliphatic heterocycles. The highest BCUT2D eigenvalue weighted by Crippen LogP contribution is 2.24. The largest absolute Gasteiger partial charge is 0.342 e. The van der Waals surface area contributed by atoms with Crippen molar-refractivity contribution < 1.29 is 4.79 Å². The van der Waals surface area contributed by atoms with E-state index in [2.05, 4.69) is 22.9 Å². The Morgan fingerprint density at radius 2 is 1.50 bits per heavy atom. The fourth-order valence-corrected chi connectivity index (χ4v) is 3.45. The van der Waals surface area contributed by atoms with E-state index in [1.54, 1.807) is 30.3 Å². The number of ketones is 1. The first-order chi connectivity index (χ1) is 13.6. The molecule has 0 bridgehead atoms. The first-order valence-corrected chi connectivity index (χ1v) is 9.66. The summed E-state index contributed by atoms with van der Waals surface area (Å²) in [7, 11) is 0. The summed E-state index contributed by atoms with van der Waals surface area (Å²) in [4.78, 5) is 12.4. The van der Waals surface area contributed by atoms with Crippen LogP contribution in [0.25, 0.3) is 17.0 Å². The number of fused-ring (bicyclic) bond motifs is 1. The minimum atomic E-state index is -0.0498. The molecule has 4 aromatic rings. The molecular formula is C24H17Cl2NO. The van der Waals surface area contributed by atoms with Crippen LogP contribution in [0.15, 0.2) is 85.1 Å². The molecule has 0 spiro atoms. The second-order valence-corrected chi connectivity index (χ2v) is 7.43. The SMILES string of the molecule is O=C(/C=C/c1cn(Cc2ccc(Cl)cc2)c2ccccc12)c1ccc(Cl)cc1. The summed E-state index contributed by atoms with van der Waals surface area (Å²) in [6.07, 6.45) is 5.56. The van der Waals surface area contributed by atoms with E-state index in [-0.39, 0.29) is 5.78 Å². The number of carbonyl (C=O) groups excluding carboxylic acids is 1. The van der Waals surface area contributed by atoms with Crippen molar-refractivity contribution in [2.75, 3.05) is 0 Å². The molecule has 4 rings (SSSR count). The van der Waals surface area contributed by atoms with Crippen molar-refractivity contribution >= 4 is 46.0 Å². The Hall–Kier alpha value is -2.81. The quantitative estimate of drug-likeness (QED) is 0.261. The fraction of sp³-hybridized carbons (Fsp3) is 0.0417. The van der Waals surface area contributed by atoms with Gasteiger partial charge in [-0.3, -0.25) is 4.79 Å². The highest BCUT2D eigenvalue weighted by atomic mass is 35.5. The molecule has 28 heavy (non-hydrogen) atoms. The molecule has 4 heteroatoms. The maximum Gasteiger partial charge on any atom is 0.185 e. The predicted molar refractivity (Wildman–Crippen MR) is 117 cm³/mol. The van der Waals surface area contributed by atoms with Crippen molar-refractivity contribution in [3.05, 3.63) is 112 Å². The Bertz CT molecular complexity index is 1160. The van der Waals surface area contributed by atoms with E-state index in [0.29, 0.717) is 10.6 Å². The Kier molecular flexibility index (Phi) is 5.34. The van der Waals surface area contributed by atoms with Crippen molar-refractivity contribution in [2.45, 2.75) is 6.54 Å². The third kappa shape index (κ3) is 4.04. The molecule has 1 aromatic heterocycles. The van der Waals surface area contributed by atoms with Gasteiger partial charge in [-0.1, -0.05) is 53.5 Å². The van der Waals surface area contributed by atoms with Crippen molar-refractivity contribution in [1.82, 2.24) is 4.57 Å². The smallest absolute Gasteiger partial charge is 0.185 e. The molecule has 1 heterocycles. The van der Waals surface area contributed by atoms with Crippen LogP contribution in [0, 0.1) is 0 Å². The summed E-state index contributed by atoms with van der Waals surface area (Å²) < 4.78 is 2.19. The predicted octanol–water partition coefficient (Wildman–Crippen LogP) is 6.89. The standard InChI is InChI=1S/C24H17Cl2NO/c25-20-10-5-17(6-11-20)15-27-16-19(22-3-1-2-4-23(22)27)9-14-24(28)18-7-12-21(26)13-8-18/h1-14,16H,15H2/b14-9+. The molecule has 138 valence electrons. The summed E-state index contributed by atoms with van der Waals surface area (Å²) in [6.45, 7) is 0.733. The maximum absolute atomic E-state index is 12.4. The van der Waals surface area contributed by atoms with Crippen molar-refractivity contribution in [1.29, 1.82) is 0 Å². The first kappa shape index (κ1) is 18.5. The molecule has 0 radical (unpaired) electrons. The lowest BCUT2D eigenvalue weighted by Gasteiger charge is -2.05. The molecular weight excluding hydrogens is 389 g/mol. The molecule has 2 nitrogen and oxygen atoms in total. The Morgan fingerprint density at radius 3 is 2.21 bits per heavy atom. The summed E-state index contributed by atoms with van der Waals surface area (Å²) in [5.74, 6) is -0.0498. The zero-order valence-electron chi connectivity index (χ0n) is 15.0. The van der Waals surface area contributed by atoms with Crippen LogP contribution in [0.5, 0.6) is 0 Å². The average molecular weight is 406 g/mol. The lowest BCUT2D eigenvalue weighted by atomic mass is 10.1. The van der Waals surface area contributed by atoms with Gasteiger partial charge >= 0.3 is 0 Å². The second kappa shape index (κ2) is 8.05. The summed E-state index contributed by atoms with van der Waals surface area (Å²) in [5.41, 5.74) is 3.91. The summed E-state index contributed by atoms with van der Waals surface area (Å²) in [6, 6.07) is 22.9. The normalized spacial score (nSPS) is 11.4. The van der Waals surface area contributed by atoms with Gasteiger partial charge in [-0.05, 0) is 60.2 Å². The molecule has 3 aromatic carbocycles. The number of allylic oxidation sites excluding steroid dienone is 1. The monoisotopic (exact) mass is 405 g/mol. The number of halogens is 2. The van der Waals surface area contributed by atoms with E-state index < -0.39 is 0 Å². The van der Waals surface area contributed by atoms with Crippen LogP contribution in [-0.2, 0) is 6.54 Å². The van der Waals surface area contributed by atoms with Gasteiger partial charge in [-0.15, -0.1) is 0 Å². The number of benzene rings is 3. The molecule has 0 N–H and O–H groups in total. The van der Waals surface area contributed by atoms with E-state index in [1.807, 2.05) is 42.5 Å². The number of carbonyl (C=O) groups is 1. The van der Waals surface area contributed by atoms with E-state index in [0.717, 1.165) is 33.6 Å².